The Labute approximate surface area is 184 Å². The number of imide groups is 1. The number of halogens is 1. The van der Waals surface area contributed by atoms with Crippen LogP contribution in [0.5, 0.6) is 0 Å². The zero-order valence-corrected chi connectivity index (χ0v) is 17.9. The Balaban J connectivity index is 1.27. The van der Waals surface area contributed by atoms with Crippen molar-refractivity contribution in [2.24, 2.45) is 0 Å². The lowest BCUT2D eigenvalue weighted by Gasteiger charge is -2.32. The van der Waals surface area contributed by atoms with Crippen LogP contribution in [0.4, 0.5) is 4.39 Å². The van der Waals surface area contributed by atoms with E-state index in [1.165, 1.54) is 11.0 Å². The molecule has 0 radical (unpaired) electrons. The molecule has 168 valence electrons. The quantitative estimate of drug-likeness (QED) is 0.733. The van der Waals surface area contributed by atoms with E-state index in [0.29, 0.717) is 30.0 Å². The summed E-state index contributed by atoms with van der Waals surface area (Å²) in [5.41, 5.74) is 2.60. The van der Waals surface area contributed by atoms with Gasteiger partial charge in [0.1, 0.15) is 18.1 Å². The Kier molecular flexibility index (Phi) is 5.28. The lowest BCUT2D eigenvalue weighted by molar-refractivity contribution is -0.136. The average Bonchev–Trinajstić information content (AvgIpc) is 3.31. The first-order valence-corrected chi connectivity index (χ1v) is 11.0. The van der Waals surface area contributed by atoms with Crippen molar-refractivity contribution < 1.29 is 23.2 Å². The van der Waals surface area contributed by atoms with Gasteiger partial charge in [-0.05, 0) is 55.5 Å². The fraction of sp³-hybridized carbons (Fsp3) is 0.478. The summed E-state index contributed by atoms with van der Waals surface area (Å²) in [5.74, 6) is -0.775. The molecular formula is C23H25FN4O4. The third-order valence-corrected chi connectivity index (χ3v) is 6.72. The van der Waals surface area contributed by atoms with Crippen molar-refractivity contribution in [1.82, 2.24) is 20.1 Å². The normalized spacial score (nSPS) is 22.4. The van der Waals surface area contributed by atoms with Gasteiger partial charge in [0, 0.05) is 32.0 Å². The molecule has 0 spiro atoms. The van der Waals surface area contributed by atoms with Crippen LogP contribution in [0.1, 0.15) is 64.7 Å². The maximum atomic E-state index is 15.0. The Bertz CT molecular complexity index is 1090. The summed E-state index contributed by atoms with van der Waals surface area (Å²) in [6.07, 6.45) is 3.80. The summed E-state index contributed by atoms with van der Waals surface area (Å²) in [6.45, 7) is 4.45. The number of aryl methyl sites for hydroxylation is 1. The van der Waals surface area contributed by atoms with Crippen molar-refractivity contribution >= 4 is 17.7 Å². The molecule has 9 heteroatoms. The molecule has 0 bridgehead atoms. The van der Waals surface area contributed by atoms with E-state index >= 15 is 4.39 Å². The molecule has 32 heavy (non-hydrogen) atoms. The number of hydrogen-bond donors (Lipinski definition) is 1. The van der Waals surface area contributed by atoms with E-state index in [-0.39, 0.29) is 36.5 Å². The topological polar surface area (TPSA) is 95.8 Å². The van der Waals surface area contributed by atoms with Crippen LogP contribution in [0, 0.1) is 12.7 Å². The molecule has 1 aromatic heterocycles. The first-order chi connectivity index (χ1) is 15.4. The van der Waals surface area contributed by atoms with E-state index in [2.05, 4.69) is 15.2 Å². The molecule has 1 atom stereocenters. The van der Waals surface area contributed by atoms with Crippen molar-refractivity contribution in [3.8, 4) is 0 Å². The minimum atomic E-state index is -0.692. The van der Waals surface area contributed by atoms with E-state index in [0.717, 1.165) is 37.2 Å². The SMILES string of the molecule is Cc1nc(CN2CCC(c3cc4c(cc3F)C(=O)N(C3CCC(=O)NC3=O)C4)CC2)co1. The first kappa shape index (κ1) is 20.8. The molecule has 3 aliphatic heterocycles. The standard InChI is InChI=1S/C23H25FN4O4/c1-13-25-16(12-32-13)11-27-6-4-14(5-7-27)17-8-15-10-28(23(31)18(15)9-19(17)24)20-2-3-21(29)26-22(20)30/h8-9,12,14,20H,2-7,10-11H2,1H3,(H,26,29,30). The highest BCUT2D eigenvalue weighted by Gasteiger charge is 2.40. The second kappa shape index (κ2) is 8.12. The van der Waals surface area contributed by atoms with Crippen LogP contribution in [0.15, 0.2) is 22.8 Å². The number of fused-ring (bicyclic) bond motifs is 1. The third kappa shape index (κ3) is 3.81. The summed E-state index contributed by atoms with van der Waals surface area (Å²) >= 11 is 0. The molecule has 4 heterocycles. The molecule has 3 aliphatic rings. The number of carbonyl (C=O) groups excluding carboxylic acids is 3. The van der Waals surface area contributed by atoms with Crippen molar-refractivity contribution in [2.45, 2.75) is 57.7 Å². The Morgan fingerprint density at radius 2 is 1.97 bits per heavy atom. The number of piperidine rings is 2. The van der Waals surface area contributed by atoms with Gasteiger partial charge in [0.15, 0.2) is 5.89 Å². The van der Waals surface area contributed by atoms with Crippen LogP contribution in [-0.2, 0) is 22.7 Å². The van der Waals surface area contributed by atoms with Crippen LogP contribution in [-0.4, -0.2) is 51.6 Å². The summed E-state index contributed by atoms with van der Waals surface area (Å²) in [5, 5.41) is 2.29. The fourth-order valence-corrected chi connectivity index (χ4v) is 5.03. The van der Waals surface area contributed by atoms with Gasteiger partial charge >= 0.3 is 0 Å². The fourth-order valence-electron chi connectivity index (χ4n) is 5.03. The van der Waals surface area contributed by atoms with Crippen LogP contribution in [0.25, 0.3) is 0 Å². The highest BCUT2D eigenvalue weighted by molar-refractivity contribution is 6.05. The Morgan fingerprint density at radius 3 is 2.66 bits per heavy atom. The van der Waals surface area contributed by atoms with Gasteiger partial charge in [0.25, 0.3) is 5.91 Å². The van der Waals surface area contributed by atoms with E-state index in [9.17, 15) is 14.4 Å². The number of nitrogens with one attached hydrogen (secondary N) is 1. The number of likely N-dealkylation sites (tertiary alicyclic amines) is 1. The molecule has 2 fully saturated rings. The zero-order valence-electron chi connectivity index (χ0n) is 17.9. The van der Waals surface area contributed by atoms with E-state index < -0.39 is 11.9 Å². The Hall–Kier alpha value is -3.07. The van der Waals surface area contributed by atoms with Crippen LogP contribution in [0.2, 0.25) is 0 Å². The average molecular weight is 440 g/mol. The summed E-state index contributed by atoms with van der Waals surface area (Å²) in [7, 11) is 0. The summed E-state index contributed by atoms with van der Waals surface area (Å²) in [4.78, 5) is 44.6. The van der Waals surface area contributed by atoms with E-state index in [1.54, 1.807) is 12.3 Å². The van der Waals surface area contributed by atoms with Crippen molar-refractivity contribution in [2.75, 3.05) is 13.1 Å². The minimum absolute atomic E-state index is 0.0790. The van der Waals surface area contributed by atoms with Crippen LogP contribution >= 0.6 is 0 Å². The maximum absolute atomic E-state index is 15.0. The minimum Gasteiger partial charge on any atom is -0.449 e. The molecule has 1 N–H and O–H groups in total. The molecular weight excluding hydrogens is 415 g/mol. The largest absolute Gasteiger partial charge is 0.449 e. The molecule has 2 saturated heterocycles. The number of rotatable bonds is 4. The van der Waals surface area contributed by atoms with Crippen LogP contribution in [0.3, 0.4) is 0 Å². The van der Waals surface area contributed by atoms with Gasteiger partial charge in [-0.2, -0.15) is 0 Å². The zero-order chi connectivity index (χ0) is 22.4. The van der Waals surface area contributed by atoms with E-state index in [4.69, 9.17) is 4.42 Å². The number of nitrogens with zero attached hydrogens (tertiary/aromatic N) is 3. The monoisotopic (exact) mass is 440 g/mol. The first-order valence-electron chi connectivity index (χ1n) is 11.0. The predicted octanol–water partition coefficient (Wildman–Crippen LogP) is 2.26. The number of benzene rings is 1. The molecule has 1 aromatic carbocycles. The highest BCUT2D eigenvalue weighted by Crippen LogP contribution is 2.35. The second-order valence-electron chi connectivity index (χ2n) is 8.84. The smallest absolute Gasteiger partial charge is 0.255 e. The second-order valence-corrected chi connectivity index (χ2v) is 8.84. The third-order valence-electron chi connectivity index (χ3n) is 6.72. The van der Waals surface area contributed by atoms with Gasteiger partial charge in [-0.1, -0.05) is 6.07 Å². The van der Waals surface area contributed by atoms with Gasteiger partial charge < -0.3 is 9.32 Å². The molecule has 1 unspecified atom stereocenters. The van der Waals surface area contributed by atoms with Crippen molar-refractivity contribution in [1.29, 1.82) is 0 Å². The highest BCUT2D eigenvalue weighted by atomic mass is 19.1. The lowest BCUT2D eigenvalue weighted by atomic mass is 9.87. The molecule has 0 aliphatic carbocycles. The van der Waals surface area contributed by atoms with Crippen molar-refractivity contribution in [3.63, 3.8) is 0 Å². The number of carbonyl (C=O) groups is 3. The number of aromatic nitrogens is 1. The number of amides is 3. The summed E-state index contributed by atoms with van der Waals surface area (Å²) in [6, 6.07) is 2.43. The lowest BCUT2D eigenvalue weighted by Crippen LogP contribution is -2.52. The van der Waals surface area contributed by atoms with Gasteiger partial charge in [0.2, 0.25) is 11.8 Å². The van der Waals surface area contributed by atoms with Gasteiger partial charge in [0.05, 0.1) is 5.69 Å². The number of hydrogen-bond acceptors (Lipinski definition) is 6. The molecule has 3 amide bonds. The molecule has 0 saturated carbocycles. The van der Waals surface area contributed by atoms with Gasteiger partial charge in [-0.25, -0.2) is 9.37 Å². The van der Waals surface area contributed by atoms with Gasteiger partial charge in [-0.15, -0.1) is 0 Å². The molecule has 8 nitrogen and oxygen atoms in total. The summed E-state index contributed by atoms with van der Waals surface area (Å²) < 4.78 is 20.3. The maximum Gasteiger partial charge on any atom is 0.255 e. The van der Waals surface area contributed by atoms with E-state index in [1.807, 2.05) is 6.92 Å². The molecule has 2 aromatic rings. The van der Waals surface area contributed by atoms with Crippen molar-refractivity contribution in [3.05, 3.63) is 52.5 Å². The Morgan fingerprint density at radius 1 is 1.19 bits per heavy atom. The number of oxazole rings is 1. The van der Waals surface area contributed by atoms with Gasteiger partial charge in [-0.3, -0.25) is 24.6 Å². The predicted molar refractivity (Wildman–Crippen MR) is 111 cm³/mol. The molecule has 5 rings (SSSR count). The van der Waals surface area contributed by atoms with Crippen LogP contribution < -0.4 is 5.32 Å².